The summed E-state index contributed by atoms with van der Waals surface area (Å²) in [6.45, 7) is 8.33. The van der Waals surface area contributed by atoms with Gasteiger partial charge in [-0.05, 0) is 102 Å². The molecule has 5 rings (SSSR count). The predicted molar refractivity (Wildman–Crippen MR) is 152 cm³/mol. The van der Waals surface area contributed by atoms with Crippen LogP contribution in [0.15, 0.2) is 60.7 Å². The molecule has 1 saturated heterocycles. The van der Waals surface area contributed by atoms with E-state index in [0.29, 0.717) is 42.6 Å². The van der Waals surface area contributed by atoms with Crippen molar-refractivity contribution in [3.8, 4) is 5.75 Å². The van der Waals surface area contributed by atoms with Crippen molar-refractivity contribution in [3.05, 3.63) is 99.3 Å². The first kappa shape index (κ1) is 27.2. The predicted octanol–water partition coefficient (Wildman–Crippen LogP) is 7.66. The quantitative estimate of drug-likeness (QED) is 0.321. The van der Waals surface area contributed by atoms with Crippen LogP contribution >= 0.6 is 11.6 Å². The molecular weight excluding hydrogens is 497 g/mol. The van der Waals surface area contributed by atoms with Gasteiger partial charge in [0.15, 0.2) is 0 Å². The van der Waals surface area contributed by atoms with Crippen molar-refractivity contribution in [2.75, 3.05) is 19.7 Å². The number of hydrogen-bond donors (Lipinski definition) is 1. The minimum Gasteiger partial charge on any atom is -0.489 e. The minimum atomic E-state index is -0.279. The molecule has 0 radical (unpaired) electrons. The van der Waals surface area contributed by atoms with Gasteiger partial charge < -0.3 is 9.84 Å². The van der Waals surface area contributed by atoms with E-state index in [-0.39, 0.29) is 17.8 Å². The Morgan fingerprint density at radius 3 is 2.47 bits per heavy atom. The van der Waals surface area contributed by atoms with E-state index in [1.54, 1.807) is 12.1 Å². The molecule has 1 spiro atoms. The summed E-state index contributed by atoms with van der Waals surface area (Å²) in [5.41, 5.74) is 6.12. The van der Waals surface area contributed by atoms with Crippen molar-refractivity contribution >= 4 is 11.6 Å². The minimum absolute atomic E-state index is 0.0642. The van der Waals surface area contributed by atoms with Crippen LogP contribution in [0.25, 0.3) is 0 Å². The number of benzene rings is 3. The number of likely N-dealkylation sites (tertiary alicyclic amines) is 1. The number of ether oxygens (including phenoxy) is 1. The number of aliphatic hydroxyl groups excluding tert-OH is 1. The molecule has 38 heavy (non-hydrogen) atoms. The number of nitrogens with zero attached hydrogens (tertiary/aromatic N) is 1. The average Bonchev–Trinajstić information content (AvgIpc) is 2.92. The maximum atomic E-state index is 14.2. The van der Waals surface area contributed by atoms with Gasteiger partial charge in [-0.15, -0.1) is 0 Å². The van der Waals surface area contributed by atoms with Gasteiger partial charge >= 0.3 is 0 Å². The van der Waals surface area contributed by atoms with E-state index in [1.165, 1.54) is 42.0 Å². The molecule has 3 nitrogen and oxygen atoms in total. The first-order chi connectivity index (χ1) is 18.4. The largest absolute Gasteiger partial charge is 0.489 e. The summed E-state index contributed by atoms with van der Waals surface area (Å²) in [6, 6.07) is 20.1. The molecule has 0 aromatic heterocycles. The third kappa shape index (κ3) is 5.78. The van der Waals surface area contributed by atoms with Crippen molar-refractivity contribution in [1.29, 1.82) is 0 Å². The maximum absolute atomic E-state index is 14.2. The third-order valence-electron chi connectivity index (χ3n) is 8.92. The fourth-order valence-corrected chi connectivity index (χ4v) is 6.86. The van der Waals surface area contributed by atoms with Gasteiger partial charge in [0.1, 0.15) is 18.2 Å². The van der Waals surface area contributed by atoms with E-state index < -0.39 is 0 Å². The fourth-order valence-electron chi connectivity index (χ4n) is 6.52. The molecule has 0 bridgehead atoms. The van der Waals surface area contributed by atoms with E-state index in [2.05, 4.69) is 61.2 Å². The van der Waals surface area contributed by atoms with Crippen LogP contribution in [0, 0.1) is 11.7 Å². The Bertz CT molecular complexity index is 1240. The summed E-state index contributed by atoms with van der Waals surface area (Å²) in [5, 5.41) is 9.89. The molecule has 202 valence electrons. The average molecular weight is 536 g/mol. The SMILES string of the molecule is CC1CC2(CCN(Cc3ccc(COc4ccc(CCCO)c(F)c4)cc3)CC2)c2cccc(Cl)c2C1C. The molecule has 1 fully saturated rings. The lowest BCUT2D eigenvalue weighted by molar-refractivity contribution is 0.121. The molecule has 5 heteroatoms. The second kappa shape index (κ2) is 11.8. The van der Waals surface area contributed by atoms with Gasteiger partial charge in [0.05, 0.1) is 0 Å². The normalized spacial score (nSPS) is 20.9. The lowest BCUT2D eigenvalue weighted by Crippen LogP contribution is -2.46. The standard InChI is InChI=1S/C33H39ClFNO2/c1-23-20-33(29-6-3-7-30(34)32(29)24(23)2)14-16-36(17-15-33)21-25-8-10-26(11-9-25)22-38-28-13-12-27(5-4-18-37)31(35)19-28/h3,6-13,19,23-24,37H,4-5,14-18,20-22H2,1-2H3. The molecule has 2 aliphatic rings. The van der Waals surface area contributed by atoms with E-state index in [1.807, 2.05) is 0 Å². The Balaban J connectivity index is 1.16. The molecule has 1 N–H and O–H groups in total. The second-order valence-corrected chi connectivity index (χ2v) is 11.8. The third-order valence-corrected chi connectivity index (χ3v) is 9.25. The molecule has 1 aliphatic heterocycles. The van der Waals surface area contributed by atoms with Crippen molar-refractivity contribution in [1.82, 2.24) is 4.90 Å². The Hall–Kier alpha value is -2.40. The lowest BCUT2D eigenvalue weighted by atomic mass is 9.59. The van der Waals surface area contributed by atoms with E-state index in [9.17, 15) is 4.39 Å². The molecule has 2 unspecified atom stereocenters. The number of rotatable bonds is 8. The number of piperidine rings is 1. The van der Waals surface area contributed by atoms with Crippen molar-refractivity contribution < 1.29 is 14.2 Å². The first-order valence-corrected chi connectivity index (χ1v) is 14.4. The monoisotopic (exact) mass is 535 g/mol. The van der Waals surface area contributed by atoms with Crippen LogP contribution in [0.5, 0.6) is 5.75 Å². The highest BCUT2D eigenvalue weighted by atomic mass is 35.5. The van der Waals surface area contributed by atoms with Gasteiger partial charge in [0, 0.05) is 24.2 Å². The number of fused-ring (bicyclic) bond motifs is 2. The Kier molecular flexibility index (Phi) is 8.42. The van der Waals surface area contributed by atoms with Gasteiger partial charge in [0.2, 0.25) is 0 Å². The molecule has 1 aliphatic carbocycles. The van der Waals surface area contributed by atoms with E-state index in [4.69, 9.17) is 21.4 Å². The van der Waals surface area contributed by atoms with Gasteiger partial charge in [0.25, 0.3) is 0 Å². The van der Waals surface area contributed by atoms with Crippen LogP contribution in [-0.4, -0.2) is 29.7 Å². The molecule has 0 saturated carbocycles. The lowest BCUT2D eigenvalue weighted by Gasteiger charge is -2.49. The van der Waals surface area contributed by atoms with Crippen LogP contribution in [0.4, 0.5) is 4.39 Å². The van der Waals surface area contributed by atoms with Crippen LogP contribution in [0.1, 0.15) is 73.3 Å². The van der Waals surface area contributed by atoms with Crippen molar-refractivity contribution in [2.24, 2.45) is 5.92 Å². The summed E-state index contributed by atoms with van der Waals surface area (Å²) in [5.74, 6) is 1.40. The summed E-state index contributed by atoms with van der Waals surface area (Å²) < 4.78 is 20.1. The van der Waals surface area contributed by atoms with E-state index in [0.717, 1.165) is 30.2 Å². The molecule has 1 heterocycles. The Morgan fingerprint density at radius 2 is 1.76 bits per heavy atom. The second-order valence-electron chi connectivity index (χ2n) is 11.4. The van der Waals surface area contributed by atoms with Gasteiger partial charge in [-0.2, -0.15) is 0 Å². The number of hydrogen-bond acceptors (Lipinski definition) is 3. The van der Waals surface area contributed by atoms with E-state index >= 15 is 0 Å². The topological polar surface area (TPSA) is 32.7 Å². The van der Waals surface area contributed by atoms with Gasteiger partial charge in [-0.25, -0.2) is 4.39 Å². The van der Waals surface area contributed by atoms with Crippen LogP contribution < -0.4 is 4.74 Å². The number of aryl methyl sites for hydroxylation is 1. The smallest absolute Gasteiger partial charge is 0.130 e. The summed E-state index contributed by atoms with van der Waals surface area (Å²) in [7, 11) is 0. The summed E-state index contributed by atoms with van der Waals surface area (Å²) >= 11 is 6.70. The van der Waals surface area contributed by atoms with Crippen LogP contribution in [0.2, 0.25) is 5.02 Å². The number of aliphatic hydroxyl groups is 1. The van der Waals surface area contributed by atoms with Crippen molar-refractivity contribution in [2.45, 2.75) is 70.4 Å². The first-order valence-electron chi connectivity index (χ1n) is 14.0. The summed E-state index contributed by atoms with van der Waals surface area (Å²) in [6.07, 6.45) is 4.70. The zero-order valence-electron chi connectivity index (χ0n) is 22.6. The highest BCUT2D eigenvalue weighted by Crippen LogP contribution is 2.52. The molecule has 0 amide bonds. The molecule has 3 aromatic rings. The zero-order chi connectivity index (χ0) is 26.7. The van der Waals surface area contributed by atoms with Crippen LogP contribution in [-0.2, 0) is 25.0 Å². The highest BCUT2D eigenvalue weighted by molar-refractivity contribution is 6.31. The molecule has 2 atom stereocenters. The molecular formula is C33H39ClFNO2. The van der Waals surface area contributed by atoms with Gasteiger partial charge in [-0.1, -0.05) is 67.9 Å². The van der Waals surface area contributed by atoms with Gasteiger partial charge in [-0.3, -0.25) is 4.90 Å². The maximum Gasteiger partial charge on any atom is 0.130 e. The fraction of sp³-hybridized carbons (Fsp3) is 0.455. The highest BCUT2D eigenvalue weighted by Gasteiger charge is 2.44. The number of halogens is 2. The Morgan fingerprint density at radius 1 is 1.03 bits per heavy atom. The molecule has 3 aromatic carbocycles. The van der Waals surface area contributed by atoms with Crippen LogP contribution in [0.3, 0.4) is 0 Å². The zero-order valence-corrected chi connectivity index (χ0v) is 23.3. The summed E-state index contributed by atoms with van der Waals surface area (Å²) in [4.78, 5) is 2.57. The van der Waals surface area contributed by atoms with Crippen molar-refractivity contribution in [3.63, 3.8) is 0 Å². The Labute approximate surface area is 231 Å².